The highest BCUT2D eigenvalue weighted by Crippen LogP contribution is 2.26. The van der Waals surface area contributed by atoms with Crippen LogP contribution >= 0.6 is 0 Å². The van der Waals surface area contributed by atoms with Crippen molar-refractivity contribution in [2.24, 2.45) is 5.92 Å². The maximum atomic E-state index is 3.81. The van der Waals surface area contributed by atoms with Gasteiger partial charge in [0.15, 0.2) is 0 Å². The Morgan fingerprint density at radius 3 is 2.38 bits per heavy atom. The van der Waals surface area contributed by atoms with Crippen molar-refractivity contribution in [3.05, 3.63) is 0 Å². The van der Waals surface area contributed by atoms with Crippen LogP contribution in [0.2, 0.25) is 0 Å². The van der Waals surface area contributed by atoms with Crippen LogP contribution in [0.1, 0.15) is 78.6 Å². The van der Waals surface area contributed by atoms with Gasteiger partial charge in [-0.3, -0.25) is 0 Å². The molecule has 0 bridgehead atoms. The molecule has 0 spiro atoms. The minimum absolute atomic E-state index is 0.712. The molecule has 2 atom stereocenters. The molecule has 0 amide bonds. The van der Waals surface area contributed by atoms with Gasteiger partial charge in [0, 0.05) is 12.1 Å². The minimum atomic E-state index is 0.712. The molecule has 1 rings (SSSR count). The summed E-state index contributed by atoms with van der Waals surface area (Å²) >= 11 is 0. The second-order valence-corrected chi connectivity index (χ2v) is 5.75. The Morgan fingerprint density at radius 1 is 1.06 bits per heavy atom. The molecule has 0 aromatic carbocycles. The first kappa shape index (κ1) is 14.0. The molecule has 1 unspecified atom stereocenters. The molecule has 1 aliphatic rings. The Kier molecular flexibility index (Phi) is 7.11. The summed E-state index contributed by atoms with van der Waals surface area (Å²) in [5.74, 6) is 0.947. The molecular weight excluding hydrogens is 194 g/mol. The quantitative estimate of drug-likeness (QED) is 0.628. The fraction of sp³-hybridized carbons (Fsp3) is 1.00. The Bertz CT molecular complexity index is 161. The van der Waals surface area contributed by atoms with Crippen molar-refractivity contribution in [3.8, 4) is 0 Å². The predicted octanol–water partition coefficient (Wildman–Crippen LogP) is 4.51. The summed E-state index contributed by atoms with van der Waals surface area (Å²) in [4.78, 5) is 0. The number of hydrogen-bond donors (Lipinski definition) is 1. The van der Waals surface area contributed by atoms with Gasteiger partial charge in [-0.2, -0.15) is 0 Å². The van der Waals surface area contributed by atoms with E-state index >= 15 is 0 Å². The van der Waals surface area contributed by atoms with Crippen LogP contribution in [0.5, 0.6) is 0 Å². The summed E-state index contributed by atoms with van der Waals surface area (Å²) in [5, 5.41) is 3.81. The van der Waals surface area contributed by atoms with Gasteiger partial charge in [0.25, 0.3) is 0 Å². The van der Waals surface area contributed by atoms with Gasteiger partial charge in [0.1, 0.15) is 0 Å². The van der Waals surface area contributed by atoms with E-state index in [1.807, 2.05) is 0 Å². The Morgan fingerprint density at radius 2 is 1.75 bits per heavy atom. The zero-order chi connectivity index (χ0) is 11.8. The molecule has 16 heavy (non-hydrogen) atoms. The molecule has 0 radical (unpaired) electrons. The monoisotopic (exact) mass is 225 g/mol. The lowest BCUT2D eigenvalue weighted by molar-refractivity contribution is 0.263. The van der Waals surface area contributed by atoms with Gasteiger partial charge in [-0.15, -0.1) is 0 Å². The van der Waals surface area contributed by atoms with E-state index in [2.05, 4.69) is 26.1 Å². The molecule has 1 heteroatoms. The summed E-state index contributed by atoms with van der Waals surface area (Å²) in [6.07, 6.45) is 12.8. The van der Waals surface area contributed by atoms with Crippen molar-refractivity contribution < 1.29 is 0 Å². The van der Waals surface area contributed by atoms with Crippen LogP contribution in [0, 0.1) is 5.92 Å². The van der Waals surface area contributed by atoms with Crippen LogP contribution < -0.4 is 5.32 Å². The molecule has 1 fully saturated rings. The van der Waals surface area contributed by atoms with Crippen molar-refractivity contribution in [2.45, 2.75) is 90.6 Å². The summed E-state index contributed by atoms with van der Waals surface area (Å²) in [6.45, 7) is 7.03. The average molecular weight is 225 g/mol. The lowest BCUT2D eigenvalue weighted by atomic mass is 9.84. The van der Waals surface area contributed by atoms with Crippen molar-refractivity contribution in [1.82, 2.24) is 5.32 Å². The molecule has 96 valence electrons. The minimum Gasteiger partial charge on any atom is -0.312 e. The molecule has 1 saturated carbocycles. The van der Waals surface area contributed by atoms with E-state index in [1.54, 1.807) is 0 Å². The highest BCUT2D eigenvalue weighted by molar-refractivity contribution is 4.78. The maximum absolute atomic E-state index is 3.81. The highest BCUT2D eigenvalue weighted by Gasteiger charge is 2.20. The molecule has 0 aromatic heterocycles. The van der Waals surface area contributed by atoms with E-state index < -0.39 is 0 Å². The third-order valence-electron chi connectivity index (χ3n) is 4.15. The molecule has 0 saturated heterocycles. The van der Waals surface area contributed by atoms with Gasteiger partial charge in [-0.25, -0.2) is 0 Å². The van der Waals surface area contributed by atoms with Crippen LogP contribution in [-0.4, -0.2) is 12.1 Å². The lowest BCUT2D eigenvalue weighted by Crippen LogP contribution is -2.40. The predicted molar refractivity (Wildman–Crippen MR) is 72.8 cm³/mol. The van der Waals surface area contributed by atoms with Crippen molar-refractivity contribution in [2.75, 3.05) is 0 Å². The van der Waals surface area contributed by atoms with Gasteiger partial charge in [0.2, 0.25) is 0 Å². The fourth-order valence-corrected chi connectivity index (χ4v) is 3.00. The molecule has 0 aromatic rings. The SMILES string of the molecule is CCCCCC(C)N[C@@H](C)C1CCCCC1. The standard InChI is InChI=1S/C15H31N/c1-4-5-7-10-13(2)16-14(3)15-11-8-6-9-12-15/h13-16H,4-12H2,1-3H3/t13?,14-/m0/s1. The van der Waals surface area contributed by atoms with Gasteiger partial charge in [0.05, 0.1) is 0 Å². The van der Waals surface area contributed by atoms with E-state index in [0.29, 0.717) is 6.04 Å². The van der Waals surface area contributed by atoms with Gasteiger partial charge in [-0.05, 0) is 39.0 Å². The number of nitrogens with one attached hydrogen (secondary N) is 1. The number of hydrogen-bond acceptors (Lipinski definition) is 1. The van der Waals surface area contributed by atoms with Crippen LogP contribution in [0.15, 0.2) is 0 Å². The van der Waals surface area contributed by atoms with Gasteiger partial charge >= 0.3 is 0 Å². The molecule has 1 N–H and O–H groups in total. The van der Waals surface area contributed by atoms with E-state index in [-0.39, 0.29) is 0 Å². The summed E-state index contributed by atoms with van der Waals surface area (Å²) in [6, 6.07) is 1.44. The fourth-order valence-electron chi connectivity index (χ4n) is 3.00. The van der Waals surface area contributed by atoms with Gasteiger partial charge < -0.3 is 5.32 Å². The molecule has 1 nitrogen and oxygen atoms in total. The first-order valence-corrected chi connectivity index (χ1v) is 7.50. The first-order chi connectivity index (χ1) is 7.74. The zero-order valence-corrected chi connectivity index (χ0v) is 11.6. The third kappa shape index (κ3) is 5.34. The Labute approximate surface area is 102 Å². The summed E-state index contributed by atoms with van der Waals surface area (Å²) in [5.41, 5.74) is 0. The van der Waals surface area contributed by atoms with Crippen LogP contribution in [-0.2, 0) is 0 Å². The molecule has 1 aliphatic carbocycles. The lowest BCUT2D eigenvalue weighted by Gasteiger charge is -2.30. The number of unbranched alkanes of at least 4 members (excludes halogenated alkanes) is 2. The van der Waals surface area contributed by atoms with E-state index in [0.717, 1.165) is 12.0 Å². The smallest absolute Gasteiger partial charge is 0.00694 e. The summed E-state index contributed by atoms with van der Waals surface area (Å²) in [7, 11) is 0. The normalized spacial score (nSPS) is 21.9. The van der Waals surface area contributed by atoms with Crippen molar-refractivity contribution in [1.29, 1.82) is 0 Å². The molecular formula is C15H31N. The first-order valence-electron chi connectivity index (χ1n) is 7.50. The van der Waals surface area contributed by atoms with E-state index in [4.69, 9.17) is 0 Å². The van der Waals surface area contributed by atoms with Gasteiger partial charge in [-0.1, -0.05) is 45.4 Å². The van der Waals surface area contributed by atoms with Crippen LogP contribution in [0.25, 0.3) is 0 Å². The molecule has 0 aliphatic heterocycles. The van der Waals surface area contributed by atoms with Crippen LogP contribution in [0.4, 0.5) is 0 Å². The second-order valence-electron chi connectivity index (χ2n) is 5.75. The Hall–Kier alpha value is -0.0400. The maximum Gasteiger partial charge on any atom is 0.00694 e. The largest absolute Gasteiger partial charge is 0.312 e. The van der Waals surface area contributed by atoms with Crippen LogP contribution in [0.3, 0.4) is 0 Å². The molecule has 0 heterocycles. The topological polar surface area (TPSA) is 12.0 Å². The zero-order valence-electron chi connectivity index (χ0n) is 11.6. The van der Waals surface area contributed by atoms with E-state index in [9.17, 15) is 0 Å². The average Bonchev–Trinajstić information content (AvgIpc) is 2.30. The van der Waals surface area contributed by atoms with E-state index in [1.165, 1.54) is 57.8 Å². The summed E-state index contributed by atoms with van der Waals surface area (Å²) < 4.78 is 0. The Balaban J connectivity index is 2.13. The van der Waals surface area contributed by atoms with Crippen molar-refractivity contribution in [3.63, 3.8) is 0 Å². The second kappa shape index (κ2) is 8.11. The number of rotatable bonds is 7. The van der Waals surface area contributed by atoms with Crippen molar-refractivity contribution >= 4 is 0 Å². The highest BCUT2D eigenvalue weighted by atomic mass is 14.9. The third-order valence-corrected chi connectivity index (χ3v) is 4.15.